The summed E-state index contributed by atoms with van der Waals surface area (Å²) >= 11 is 9.23. The lowest BCUT2D eigenvalue weighted by Crippen LogP contribution is -2.53. The van der Waals surface area contributed by atoms with E-state index in [1.165, 1.54) is 12.1 Å². The fourth-order valence-electron chi connectivity index (χ4n) is 2.42. The molecule has 1 aromatic rings. The minimum absolute atomic E-state index is 0.106. The normalized spacial score (nSPS) is 17.1. The molecule has 8 heteroatoms. The molecule has 1 aromatic carbocycles. The van der Waals surface area contributed by atoms with Gasteiger partial charge in [0.05, 0.1) is 10.6 Å². The van der Waals surface area contributed by atoms with Crippen LogP contribution in [0.25, 0.3) is 0 Å². The minimum atomic E-state index is -3.99. The van der Waals surface area contributed by atoms with Crippen LogP contribution in [0.2, 0.25) is 5.02 Å². The van der Waals surface area contributed by atoms with Crippen molar-refractivity contribution in [1.29, 1.82) is 0 Å². The zero-order chi connectivity index (χ0) is 15.8. The highest BCUT2D eigenvalue weighted by Gasteiger charge is 2.37. The topological polar surface area (TPSA) is 89.3 Å². The molecule has 0 heterocycles. The molecule has 0 bridgehead atoms. The van der Waals surface area contributed by atoms with Crippen LogP contribution >= 0.6 is 27.5 Å². The van der Waals surface area contributed by atoms with E-state index in [4.69, 9.17) is 16.7 Å². The summed E-state index contributed by atoms with van der Waals surface area (Å²) in [6, 6.07) is 2.78. The summed E-state index contributed by atoms with van der Waals surface area (Å²) in [4.78, 5) is 12.2. The molecule has 0 unspecified atom stereocenters. The van der Waals surface area contributed by atoms with E-state index in [1.54, 1.807) is 0 Å². The second-order valence-electron chi connectivity index (χ2n) is 5.25. The molecule has 2 rings (SSSR count). The van der Waals surface area contributed by atoms with Crippen molar-refractivity contribution in [2.24, 2.45) is 5.14 Å². The Bertz CT molecular complexity index is 681. The first-order valence-electron chi connectivity index (χ1n) is 6.53. The van der Waals surface area contributed by atoms with Crippen molar-refractivity contribution in [3.63, 3.8) is 0 Å². The number of rotatable bonds is 4. The van der Waals surface area contributed by atoms with Gasteiger partial charge in [-0.05, 0) is 37.8 Å². The Kier molecular flexibility index (Phi) is 4.68. The van der Waals surface area contributed by atoms with Crippen LogP contribution in [-0.4, -0.2) is 19.9 Å². The molecule has 1 aliphatic rings. The molecule has 0 aromatic heterocycles. The molecule has 1 amide bonds. The molecule has 0 saturated heterocycles. The van der Waals surface area contributed by atoms with Gasteiger partial charge in [0.15, 0.2) is 0 Å². The average Bonchev–Trinajstić information content (AvgIpc) is 2.34. The van der Waals surface area contributed by atoms with Crippen molar-refractivity contribution in [2.75, 3.05) is 0 Å². The van der Waals surface area contributed by atoms with Gasteiger partial charge in [-0.2, -0.15) is 0 Å². The molecular formula is C13H16BrClN2O3S. The number of amides is 1. The van der Waals surface area contributed by atoms with E-state index in [-0.39, 0.29) is 26.9 Å². The Morgan fingerprint density at radius 3 is 2.52 bits per heavy atom. The molecule has 1 fully saturated rings. The Balaban J connectivity index is 2.40. The van der Waals surface area contributed by atoms with Gasteiger partial charge in [0.1, 0.15) is 4.90 Å². The maximum atomic E-state index is 12.4. The lowest BCUT2D eigenvalue weighted by molar-refractivity contribution is 0.0820. The van der Waals surface area contributed by atoms with Crippen LogP contribution in [-0.2, 0) is 10.0 Å². The van der Waals surface area contributed by atoms with Crippen molar-refractivity contribution in [2.45, 2.75) is 43.0 Å². The molecule has 0 radical (unpaired) electrons. The number of hydrogen-bond donors (Lipinski definition) is 2. The van der Waals surface area contributed by atoms with Gasteiger partial charge in [-0.15, -0.1) is 0 Å². The first-order valence-corrected chi connectivity index (χ1v) is 9.24. The second kappa shape index (κ2) is 5.87. The molecule has 0 spiro atoms. The number of nitrogens with one attached hydrogen (secondary N) is 1. The van der Waals surface area contributed by atoms with Gasteiger partial charge < -0.3 is 5.32 Å². The number of carbonyl (C=O) groups excluding carboxylic acids is 1. The predicted molar refractivity (Wildman–Crippen MR) is 84.9 cm³/mol. The summed E-state index contributed by atoms with van der Waals surface area (Å²) in [7, 11) is -3.99. The van der Waals surface area contributed by atoms with E-state index in [0.29, 0.717) is 4.47 Å². The quantitative estimate of drug-likeness (QED) is 0.821. The zero-order valence-electron chi connectivity index (χ0n) is 11.4. The number of benzene rings is 1. The highest BCUT2D eigenvalue weighted by Crippen LogP contribution is 2.36. The number of halogens is 2. The molecule has 0 aliphatic heterocycles. The first kappa shape index (κ1) is 16.7. The Morgan fingerprint density at radius 1 is 1.48 bits per heavy atom. The monoisotopic (exact) mass is 394 g/mol. The number of hydrogen-bond acceptors (Lipinski definition) is 3. The summed E-state index contributed by atoms with van der Waals surface area (Å²) in [6.45, 7) is 2.01. The number of primary sulfonamides is 1. The number of sulfonamides is 1. The SMILES string of the molecule is CCC1(NC(=O)c2cc(Br)cc(S(N)(=O)=O)c2Cl)CCC1. The van der Waals surface area contributed by atoms with Crippen molar-refractivity contribution in [1.82, 2.24) is 5.32 Å². The summed E-state index contributed by atoms with van der Waals surface area (Å²) in [5, 5.41) is 7.93. The van der Waals surface area contributed by atoms with Crippen LogP contribution < -0.4 is 10.5 Å². The van der Waals surface area contributed by atoms with E-state index >= 15 is 0 Å². The van der Waals surface area contributed by atoms with Gasteiger partial charge in [0, 0.05) is 10.0 Å². The summed E-state index contributed by atoms with van der Waals surface area (Å²) in [5.41, 5.74) is -0.0976. The van der Waals surface area contributed by atoms with Gasteiger partial charge in [0.25, 0.3) is 5.91 Å². The molecule has 0 atom stereocenters. The third kappa shape index (κ3) is 3.41. The standard InChI is InChI=1S/C13H16BrClN2O3S/c1-2-13(4-3-5-13)17-12(18)9-6-8(14)7-10(11(9)15)21(16,19)20/h6-7H,2-5H2,1H3,(H,17,18)(H2,16,19,20). The third-order valence-corrected chi connectivity index (χ3v) is 5.83. The lowest BCUT2D eigenvalue weighted by atomic mass is 9.74. The van der Waals surface area contributed by atoms with Gasteiger partial charge in [-0.3, -0.25) is 4.79 Å². The fourth-order valence-corrected chi connectivity index (χ4v) is 4.19. The highest BCUT2D eigenvalue weighted by molar-refractivity contribution is 9.10. The van der Waals surface area contributed by atoms with Gasteiger partial charge in [0.2, 0.25) is 10.0 Å². The Labute approximate surface area is 137 Å². The summed E-state index contributed by atoms with van der Waals surface area (Å²) in [6.07, 6.45) is 3.74. The Morgan fingerprint density at radius 2 is 2.10 bits per heavy atom. The Hall–Kier alpha value is -0.630. The van der Waals surface area contributed by atoms with Crippen LogP contribution in [0, 0.1) is 0 Å². The second-order valence-corrected chi connectivity index (χ2v) is 8.08. The van der Waals surface area contributed by atoms with Crippen molar-refractivity contribution in [3.05, 3.63) is 27.2 Å². The highest BCUT2D eigenvalue weighted by atomic mass is 79.9. The van der Waals surface area contributed by atoms with Gasteiger partial charge >= 0.3 is 0 Å². The van der Waals surface area contributed by atoms with Crippen LogP contribution in [0.5, 0.6) is 0 Å². The van der Waals surface area contributed by atoms with Crippen LogP contribution in [0.1, 0.15) is 43.0 Å². The van der Waals surface area contributed by atoms with E-state index in [1.807, 2.05) is 6.92 Å². The van der Waals surface area contributed by atoms with Crippen molar-refractivity contribution in [3.8, 4) is 0 Å². The predicted octanol–water partition coefficient (Wildman–Crippen LogP) is 2.81. The third-order valence-electron chi connectivity index (χ3n) is 3.92. The molecule has 21 heavy (non-hydrogen) atoms. The average molecular weight is 396 g/mol. The van der Waals surface area contributed by atoms with Gasteiger partial charge in [-0.25, -0.2) is 13.6 Å². The van der Waals surface area contributed by atoms with Gasteiger partial charge in [-0.1, -0.05) is 34.5 Å². The first-order chi connectivity index (χ1) is 9.68. The number of carbonyl (C=O) groups is 1. The van der Waals surface area contributed by atoms with E-state index < -0.39 is 10.0 Å². The zero-order valence-corrected chi connectivity index (χ0v) is 14.6. The van der Waals surface area contributed by atoms with Crippen molar-refractivity contribution >= 4 is 43.5 Å². The van der Waals surface area contributed by atoms with E-state index in [9.17, 15) is 13.2 Å². The molecule has 5 nitrogen and oxygen atoms in total. The largest absolute Gasteiger partial charge is 0.347 e. The molecule has 1 saturated carbocycles. The summed E-state index contributed by atoms with van der Waals surface area (Å²) < 4.78 is 23.5. The smallest absolute Gasteiger partial charge is 0.253 e. The van der Waals surface area contributed by atoms with Crippen molar-refractivity contribution < 1.29 is 13.2 Å². The molecule has 1 aliphatic carbocycles. The number of nitrogens with two attached hydrogens (primary N) is 1. The minimum Gasteiger partial charge on any atom is -0.347 e. The maximum absolute atomic E-state index is 12.4. The molecule has 116 valence electrons. The molecular weight excluding hydrogens is 380 g/mol. The van der Waals surface area contributed by atoms with Crippen LogP contribution in [0.4, 0.5) is 0 Å². The van der Waals surface area contributed by atoms with Crippen LogP contribution in [0.15, 0.2) is 21.5 Å². The van der Waals surface area contributed by atoms with E-state index in [2.05, 4.69) is 21.2 Å². The summed E-state index contributed by atoms with van der Waals surface area (Å²) in [5.74, 6) is -0.382. The van der Waals surface area contributed by atoms with E-state index in [0.717, 1.165) is 25.7 Å². The maximum Gasteiger partial charge on any atom is 0.253 e. The lowest BCUT2D eigenvalue weighted by Gasteiger charge is -2.42. The molecule has 3 N–H and O–H groups in total. The fraction of sp³-hybridized carbons (Fsp3) is 0.462. The van der Waals surface area contributed by atoms with Crippen LogP contribution in [0.3, 0.4) is 0 Å².